The molecule has 0 aromatic carbocycles. The van der Waals surface area contributed by atoms with Crippen LogP contribution in [0.15, 0.2) is 0 Å². The first-order chi connectivity index (χ1) is 7.79. The SMILES string of the molecule is CCCCOC(=O)N1CCCCC1CCN. The quantitative estimate of drug-likeness (QED) is 0.733. The molecule has 4 nitrogen and oxygen atoms in total. The highest BCUT2D eigenvalue weighted by Gasteiger charge is 2.26. The molecule has 1 heterocycles. The van der Waals surface area contributed by atoms with Crippen molar-refractivity contribution in [2.24, 2.45) is 5.73 Å². The second kappa shape index (κ2) is 7.49. The van der Waals surface area contributed by atoms with Gasteiger partial charge in [-0.1, -0.05) is 13.3 Å². The number of nitrogens with zero attached hydrogens (tertiary/aromatic N) is 1. The van der Waals surface area contributed by atoms with Crippen LogP contribution in [0.25, 0.3) is 0 Å². The Labute approximate surface area is 98.1 Å². The Kier molecular flexibility index (Phi) is 6.23. The van der Waals surface area contributed by atoms with Gasteiger partial charge in [0.2, 0.25) is 0 Å². The van der Waals surface area contributed by atoms with E-state index in [4.69, 9.17) is 10.5 Å². The second-order valence-electron chi connectivity index (χ2n) is 4.39. The fourth-order valence-corrected chi connectivity index (χ4v) is 2.12. The normalized spacial score (nSPS) is 20.9. The van der Waals surface area contributed by atoms with E-state index in [0.29, 0.717) is 19.2 Å². The zero-order valence-electron chi connectivity index (χ0n) is 10.3. The van der Waals surface area contributed by atoms with E-state index < -0.39 is 0 Å². The van der Waals surface area contributed by atoms with E-state index in [-0.39, 0.29) is 6.09 Å². The van der Waals surface area contributed by atoms with Crippen molar-refractivity contribution >= 4 is 6.09 Å². The molecule has 1 rings (SSSR count). The number of unbranched alkanes of at least 4 members (excludes halogenated alkanes) is 1. The van der Waals surface area contributed by atoms with Gasteiger partial charge in [-0.15, -0.1) is 0 Å². The lowest BCUT2D eigenvalue weighted by atomic mass is 10.00. The van der Waals surface area contributed by atoms with Crippen LogP contribution >= 0.6 is 0 Å². The van der Waals surface area contributed by atoms with Gasteiger partial charge in [-0.25, -0.2) is 4.79 Å². The predicted molar refractivity (Wildman–Crippen MR) is 64.3 cm³/mol. The molecule has 1 aliphatic heterocycles. The van der Waals surface area contributed by atoms with Crippen molar-refractivity contribution in [3.8, 4) is 0 Å². The van der Waals surface area contributed by atoms with Crippen LogP contribution in [0.4, 0.5) is 4.79 Å². The Bertz CT molecular complexity index is 207. The number of piperidine rings is 1. The number of amides is 1. The molecule has 4 heteroatoms. The topological polar surface area (TPSA) is 55.6 Å². The number of likely N-dealkylation sites (tertiary alicyclic amines) is 1. The van der Waals surface area contributed by atoms with Crippen molar-refractivity contribution in [1.82, 2.24) is 4.90 Å². The summed E-state index contributed by atoms with van der Waals surface area (Å²) in [5, 5.41) is 0. The molecular formula is C12H24N2O2. The van der Waals surface area contributed by atoms with E-state index in [9.17, 15) is 4.79 Å². The fraction of sp³-hybridized carbons (Fsp3) is 0.917. The Morgan fingerprint density at radius 1 is 1.50 bits per heavy atom. The Morgan fingerprint density at radius 2 is 2.31 bits per heavy atom. The van der Waals surface area contributed by atoms with Gasteiger partial charge in [0, 0.05) is 12.6 Å². The van der Waals surface area contributed by atoms with Crippen LogP contribution in [0.2, 0.25) is 0 Å². The minimum atomic E-state index is -0.147. The van der Waals surface area contributed by atoms with Crippen molar-refractivity contribution in [3.05, 3.63) is 0 Å². The summed E-state index contributed by atoms with van der Waals surface area (Å²) >= 11 is 0. The summed E-state index contributed by atoms with van der Waals surface area (Å²) in [4.78, 5) is 13.7. The van der Waals surface area contributed by atoms with Gasteiger partial charge in [0.05, 0.1) is 6.61 Å². The molecule has 0 radical (unpaired) electrons. The smallest absolute Gasteiger partial charge is 0.410 e. The van der Waals surface area contributed by atoms with Gasteiger partial charge < -0.3 is 15.4 Å². The molecule has 1 atom stereocenters. The van der Waals surface area contributed by atoms with Gasteiger partial charge in [0.15, 0.2) is 0 Å². The van der Waals surface area contributed by atoms with E-state index in [2.05, 4.69) is 6.92 Å². The number of carbonyl (C=O) groups excluding carboxylic acids is 1. The molecule has 0 aliphatic carbocycles. The van der Waals surface area contributed by atoms with E-state index in [0.717, 1.165) is 38.6 Å². The van der Waals surface area contributed by atoms with E-state index in [1.54, 1.807) is 0 Å². The molecule has 0 saturated carbocycles. The molecular weight excluding hydrogens is 204 g/mol. The van der Waals surface area contributed by atoms with E-state index in [1.165, 1.54) is 6.42 Å². The Hall–Kier alpha value is -0.770. The fourth-order valence-electron chi connectivity index (χ4n) is 2.12. The van der Waals surface area contributed by atoms with Gasteiger partial charge in [-0.2, -0.15) is 0 Å². The third-order valence-corrected chi connectivity index (χ3v) is 3.08. The van der Waals surface area contributed by atoms with Gasteiger partial charge in [0.1, 0.15) is 0 Å². The van der Waals surface area contributed by atoms with Gasteiger partial charge in [-0.05, 0) is 38.6 Å². The van der Waals surface area contributed by atoms with E-state index in [1.807, 2.05) is 4.90 Å². The van der Waals surface area contributed by atoms with Crippen LogP contribution in [0.1, 0.15) is 45.4 Å². The minimum Gasteiger partial charge on any atom is -0.449 e. The van der Waals surface area contributed by atoms with Crippen LogP contribution in [0.5, 0.6) is 0 Å². The summed E-state index contributed by atoms with van der Waals surface area (Å²) in [5.41, 5.74) is 5.56. The molecule has 0 bridgehead atoms. The van der Waals surface area contributed by atoms with Crippen molar-refractivity contribution in [1.29, 1.82) is 0 Å². The van der Waals surface area contributed by atoms with Crippen molar-refractivity contribution in [2.45, 2.75) is 51.5 Å². The first-order valence-corrected chi connectivity index (χ1v) is 6.43. The zero-order valence-corrected chi connectivity index (χ0v) is 10.3. The molecule has 2 N–H and O–H groups in total. The molecule has 16 heavy (non-hydrogen) atoms. The van der Waals surface area contributed by atoms with Crippen molar-refractivity contribution < 1.29 is 9.53 Å². The lowest BCUT2D eigenvalue weighted by Crippen LogP contribution is -2.44. The molecule has 1 saturated heterocycles. The first kappa shape index (κ1) is 13.3. The second-order valence-corrected chi connectivity index (χ2v) is 4.39. The van der Waals surface area contributed by atoms with Gasteiger partial charge in [0.25, 0.3) is 0 Å². The van der Waals surface area contributed by atoms with Crippen LogP contribution in [-0.2, 0) is 4.74 Å². The van der Waals surface area contributed by atoms with Crippen LogP contribution in [0.3, 0.4) is 0 Å². The summed E-state index contributed by atoms with van der Waals surface area (Å²) in [7, 11) is 0. The monoisotopic (exact) mass is 228 g/mol. The Morgan fingerprint density at radius 3 is 3.00 bits per heavy atom. The summed E-state index contributed by atoms with van der Waals surface area (Å²) < 4.78 is 5.24. The third kappa shape index (κ3) is 4.00. The highest BCUT2D eigenvalue weighted by Crippen LogP contribution is 2.20. The largest absolute Gasteiger partial charge is 0.449 e. The Balaban J connectivity index is 2.37. The molecule has 1 amide bonds. The zero-order chi connectivity index (χ0) is 11.8. The number of hydrogen-bond donors (Lipinski definition) is 1. The molecule has 1 unspecified atom stereocenters. The lowest BCUT2D eigenvalue weighted by molar-refractivity contribution is 0.0707. The average Bonchev–Trinajstić information content (AvgIpc) is 2.30. The minimum absolute atomic E-state index is 0.147. The van der Waals surface area contributed by atoms with Gasteiger partial charge >= 0.3 is 6.09 Å². The van der Waals surface area contributed by atoms with Crippen LogP contribution in [-0.4, -0.2) is 36.7 Å². The number of carbonyl (C=O) groups is 1. The maximum atomic E-state index is 11.8. The van der Waals surface area contributed by atoms with Crippen molar-refractivity contribution in [2.75, 3.05) is 19.7 Å². The molecule has 0 aromatic heterocycles. The number of ether oxygens (including phenoxy) is 1. The average molecular weight is 228 g/mol. The summed E-state index contributed by atoms with van der Waals surface area (Å²) in [6.07, 6.45) is 6.10. The lowest BCUT2D eigenvalue weighted by Gasteiger charge is -2.34. The summed E-state index contributed by atoms with van der Waals surface area (Å²) in [6.45, 7) is 4.10. The molecule has 1 aliphatic rings. The predicted octanol–water partition coefficient (Wildman–Crippen LogP) is 2.13. The van der Waals surface area contributed by atoms with Crippen LogP contribution in [0, 0.1) is 0 Å². The first-order valence-electron chi connectivity index (χ1n) is 6.43. The number of rotatable bonds is 5. The van der Waals surface area contributed by atoms with E-state index >= 15 is 0 Å². The van der Waals surface area contributed by atoms with Crippen molar-refractivity contribution in [3.63, 3.8) is 0 Å². The standard InChI is InChI=1S/C12H24N2O2/c1-2-3-10-16-12(15)14-9-5-4-6-11(14)7-8-13/h11H,2-10,13H2,1H3. The number of hydrogen-bond acceptors (Lipinski definition) is 3. The molecule has 0 aromatic rings. The third-order valence-electron chi connectivity index (χ3n) is 3.08. The van der Waals surface area contributed by atoms with Gasteiger partial charge in [-0.3, -0.25) is 0 Å². The highest BCUT2D eigenvalue weighted by molar-refractivity contribution is 5.68. The molecule has 0 spiro atoms. The summed E-state index contributed by atoms with van der Waals surface area (Å²) in [5.74, 6) is 0. The maximum absolute atomic E-state index is 11.8. The molecule has 94 valence electrons. The number of nitrogens with two attached hydrogens (primary N) is 1. The maximum Gasteiger partial charge on any atom is 0.410 e. The summed E-state index contributed by atoms with van der Waals surface area (Å²) in [6, 6.07) is 0.299. The van der Waals surface area contributed by atoms with Crippen LogP contribution < -0.4 is 5.73 Å². The highest BCUT2D eigenvalue weighted by atomic mass is 16.6. The molecule has 1 fully saturated rings.